The lowest BCUT2D eigenvalue weighted by molar-refractivity contribution is -0.139. The molecule has 0 aromatic carbocycles. The summed E-state index contributed by atoms with van der Waals surface area (Å²) in [4.78, 5) is 32.4. The first-order valence-electron chi connectivity index (χ1n) is 8.24. The van der Waals surface area contributed by atoms with E-state index in [9.17, 15) is 22.8 Å². The third-order valence-electron chi connectivity index (χ3n) is 3.78. The van der Waals surface area contributed by atoms with Crippen LogP contribution in [0.25, 0.3) is 11.4 Å². The van der Waals surface area contributed by atoms with Crippen LogP contribution in [-0.4, -0.2) is 27.0 Å². The molecule has 0 aliphatic heterocycles. The minimum atomic E-state index is -4.76. The lowest BCUT2D eigenvalue weighted by atomic mass is 10.2. The molecule has 0 aliphatic carbocycles. The van der Waals surface area contributed by atoms with Crippen LogP contribution < -0.4 is 10.9 Å². The molecule has 0 fully saturated rings. The van der Waals surface area contributed by atoms with Gasteiger partial charge in [0.25, 0.3) is 5.56 Å². The largest absolute Gasteiger partial charge is 0.421 e. The SMILES string of the molecule is O=C(Cn1cccc(C(F)(F)F)c1=O)NCCc1nc(-c2ccccn2)cs1. The van der Waals surface area contributed by atoms with Crippen LogP contribution in [0.3, 0.4) is 0 Å². The second-order valence-corrected chi connectivity index (χ2v) is 6.74. The zero-order valence-corrected chi connectivity index (χ0v) is 15.3. The fraction of sp³-hybridized carbons (Fsp3) is 0.222. The average Bonchev–Trinajstić information content (AvgIpc) is 3.12. The van der Waals surface area contributed by atoms with E-state index in [1.165, 1.54) is 11.3 Å². The van der Waals surface area contributed by atoms with Crippen LogP contribution in [0.15, 0.2) is 52.9 Å². The predicted octanol–water partition coefficient (Wildman–Crippen LogP) is 2.74. The molecule has 28 heavy (non-hydrogen) atoms. The van der Waals surface area contributed by atoms with Crippen molar-refractivity contribution in [3.63, 3.8) is 0 Å². The highest BCUT2D eigenvalue weighted by Gasteiger charge is 2.34. The molecule has 0 saturated carbocycles. The molecule has 0 unspecified atom stereocenters. The van der Waals surface area contributed by atoms with Gasteiger partial charge >= 0.3 is 6.18 Å². The minimum Gasteiger partial charge on any atom is -0.354 e. The van der Waals surface area contributed by atoms with Crippen LogP contribution in [0.2, 0.25) is 0 Å². The Morgan fingerprint density at radius 2 is 2.00 bits per heavy atom. The van der Waals surface area contributed by atoms with Crippen LogP contribution in [0, 0.1) is 0 Å². The van der Waals surface area contributed by atoms with E-state index in [1.54, 1.807) is 6.20 Å². The molecule has 1 amide bonds. The number of rotatable bonds is 6. The number of alkyl halides is 3. The van der Waals surface area contributed by atoms with Crippen LogP contribution in [0.1, 0.15) is 10.6 Å². The van der Waals surface area contributed by atoms with Gasteiger partial charge in [0.05, 0.1) is 16.4 Å². The summed E-state index contributed by atoms with van der Waals surface area (Å²) < 4.78 is 39.0. The zero-order valence-electron chi connectivity index (χ0n) is 14.4. The number of amides is 1. The van der Waals surface area contributed by atoms with Crippen LogP contribution >= 0.6 is 11.3 Å². The van der Waals surface area contributed by atoms with Gasteiger partial charge in [-0.2, -0.15) is 13.2 Å². The van der Waals surface area contributed by atoms with Gasteiger partial charge in [-0.3, -0.25) is 14.6 Å². The Balaban J connectivity index is 1.55. The number of pyridine rings is 2. The fourth-order valence-corrected chi connectivity index (χ4v) is 3.25. The number of halogens is 3. The molecule has 0 bridgehead atoms. The normalized spacial score (nSPS) is 11.4. The lowest BCUT2D eigenvalue weighted by Crippen LogP contribution is -2.35. The monoisotopic (exact) mass is 408 g/mol. The van der Waals surface area contributed by atoms with Crippen molar-refractivity contribution < 1.29 is 18.0 Å². The Morgan fingerprint density at radius 1 is 1.18 bits per heavy atom. The topological polar surface area (TPSA) is 76.9 Å². The molecule has 0 radical (unpaired) electrons. The van der Waals surface area contributed by atoms with Gasteiger partial charge in [0, 0.05) is 30.7 Å². The maximum Gasteiger partial charge on any atom is 0.421 e. The molecule has 146 valence electrons. The molecule has 3 heterocycles. The fourth-order valence-electron chi connectivity index (χ4n) is 2.45. The third kappa shape index (κ3) is 4.83. The number of nitrogens with one attached hydrogen (secondary N) is 1. The molecule has 0 saturated heterocycles. The highest BCUT2D eigenvalue weighted by atomic mass is 32.1. The molecule has 3 aromatic heterocycles. The van der Waals surface area contributed by atoms with Gasteiger partial charge in [0.2, 0.25) is 5.91 Å². The number of hydrogen-bond acceptors (Lipinski definition) is 5. The van der Waals surface area contributed by atoms with Crippen molar-refractivity contribution in [3.05, 3.63) is 69.0 Å². The molecule has 0 spiro atoms. The van der Waals surface area contributed by atoms with E-state index in [-0.39, 0.29) is 6.54 Å². The van der Waals surface area contributed by atoms with Crippen molar-refractivity contribution in [2.45, 2.75) is 19.1 Å². The molecule has 1 N–H and O–H groups in total. The van der Waals surface area contributed by atoms with Crippen LogP contribution in [0.4, 0.5) is 13.2 Å². The van der Waals surface area contributed by atoms with Gasteiger partial charge in [0.1, 0.15) is 12.1 Å². The van der Waals surface area contributed by atoms with Gasteiger partial charge in [-0.1, -0.05) is 6.07 Å². The van der Waals surface area contributed by atoms with Crippen molar-refractivity contribution in [1.29, 1.82) is 0 Å². The van der Waals surface area contributed by atoms with Crippen molar-refractivity contribution in [2.75, 3.05) is 6.54 Å². The summed E-state index contributed by atoms with van der Waals surface area (Å²) >= 11 is 1.42. The molecular weight excluding hydrogens is 393 g/mol. The van der Waals surface area contributed by atoms with E-state index in [1.807, 2.05) is 23.6 Å². The molecule has 3 rings (SSSR count). The second kappa shape index (κ2) is 8.34. The first-order chi connectivity index (χ1) is 13.3. The number of thiazole rings is 1. The maximum atomic E-state index is 12.8. The van der Waals surface area contributed by atoms with E-state index in [2.05, 4.69) is 15.3 Å². The third-order valence-corrected chi connectivity index (χ3v) is 4.69. The highest BCUT2D eigenvalue weighted by Crippen LogP contribution is 2.26. The minimum absolute atomic E-state index is 0.252. The van der Waals surface area contributed by atoms with Gasteiger partial charge in [-0.25, -0.2) is 4.98 Å². The number of carbonyl (C=O) groups excluding carboxylic acids is 1. The summed E-state index contributed by atoms with van der Waals surface area (Å²) in [7, 11) is 0. The van der Waals surface area contributed by atoms with Crippen molar-refractivity contribution in [2.24, 2.45) is 0 Å². The quantitative estimate of drug-likeness (QED) is 0.681. The Kier molecular flexibility index (Phi) is 5.88. The molecule has 0 atom stereocenters. The van der Waals surface area contributed by atoms with Crippen LogP contribution in [-0.2, 0) is 23.9 Å². The molecule has 0 aliphatic rings. The van der Waals surface area contributed by atoms with E-state index in [0.29, 0.717) is 12.5 Å². The summed E-state index contributed by atoms with van der Waals surface area (Å²) in [6.07, 6.45) is -1.48. The van der Waals surface area contributed by atoms with E-state index < -0.39 is 29.8 Å². The highest BCUT2D eigenvalue weighted by molar-refractivity contribution is 7.09. The van der Waals surface area contributed by atoms with Gasteiger partial charge in [-0.15, -0.1) is 11.3 Å². The van der Waals surface area contributed by atoms with Crippen molar-refractivity contribution in [1.82, 2.24) is 19.9 Å². The Labute approximate surface area is 161 Å². The lowest BCUT2D eigenvalue weighted by Gasteiger charge is -2.10. The smallest absolute Gasteiger partial charge is 0.354 e. The Hall–Kier alpha value is -3.01. The molecule has 3 aromatic rings. The second-order valence-electron chi connectivity index (χ2n) is 5.79. The first kappa shape index (κ1) is 19.7. The summed E-state index contributed by atoms with van der Waals surface area (Å²) in [5.74, 6) is -0.553. The number of hydrogen-bond donors (Lipinski definition) is 1. The number of aromatic nitrogens is 3. The van der Waals surface area contributed by atoms with Gasteiger partial charge in [-0.05, 0) is 24.3 Å². The predicted molar refractivity (Wildman–Crippen MR) is 97.8 cm³/mol. The van der Waals surface area contributed by atoms with Crippen LogP contribution in [0.5, 0.6) is 0 Å². The number of nitrogens with zero attached hydrogens (tertiary/aromatic N) is 3. The summed E-state index contributed by atoms with van der Waals surface area (Å²) in [5.41, 5.74) is -1.06. The first-order valence-corrected chi connectivity index (χ1v) is 9.12. The van der Waals surface area contributed by atoms with Gasteiger partial charge < -0.3 is 9.88 Å². The van der Waals surface area contributed by atoms with Crippen molar-refractivity contribution >= 4 is 17.2 Å². The van der Waals surface area contributed by atoms with E-state index >= 15 is 0 Å². The maximum absolute atomic E-state index is 12.8. The van der Waals surface area contributed by atoms with Crippen molar-refractivity contribution in [3.8, 4) is 11.4 Å². The summed E-state index contributed by atoms with van der Waals surface area (Å²) in [5, 5.41) is 5.24. The Morgan fingerprint density at radius 3 is 2.71 bits per heavy atom. The standard InChI is InChI=1S/C18H15F3N4O2S/c19-18(20,21)12-4-3-9-25(17(12)27)10-15(26)23-8-6-16-24-14(11-28-16)13-5-1-2-7-22-13/h1-5,7,9,11H,6,8,10H2,(H,23,26). The average molecular weight is 408 g/mol. The number of carbonyl (C=O) groups is 1. The zero-order chi connectivity index (χ0) is 20.1. The van der Waals surface area contributed by atoms with E-state index in [4.69, 9.17) is 0 Å². The summed E-state index contributed by atoms with van der Waals surface area (Å²) in [6, 6.07) is 7.29. The Bertz CT molecular complexity index is 1020. The van der Waals surface area contributed by atoms with Gasteiger partial charge in [0.15, 0.2) is 0 Å². The molecule has 6 nitrogen and oxygen atoms in total. The van der Waals surface area contributed by atoms with E-state index in [0.717, 1.165) is 33.2 Å². The summed E-state index contributed by atoms with van der Waals surface area (Å²) in [6.45, 7) is -0.235. The molecule has 10 heteroatoms. The molecular formula is C18H15F3N4O2S.